The number of rotatable bonds is 6. The predicted molar refractivity (Wildman–Crippen MR) is 126 cm³/mol. The lowest BCUT2D eigenvalue weighted by molar-refractivity contribution is 0.330. The minimum Gasteiger partial charge on any atom is -0.309 e. The number of nitrogens with one attached hydrogen (secondary N) is 1. The molecule has 1 N–H and O–H groups in total. The second-order valence-corrected chi connectivity index (χ2v) is 10.2. The monoisotopic (exact) mass is 471 g/mol. The zero-order valence-electron chi connectivity index (χ0n) is 16.9. The summed E-state index contributed by atoms with van der Waals surface area (Å²) in [6, 6.07) is 9.79. The Balaban J connectivity index is 1.42. The minimum atomic E-state index is -0.149. The first kappa shape index (κ1) is 20.7. The Hall–Kier alpha value is -2.16. The number of thiophene rings is 1. The quantitative estimate of drug-likeness (QED) is 0.369. The van der Waals surface area contributed by atoms with E-state index in [1.54, 1.807) is 41.3 Å². The Morgan fingerprint density at radius 1 is 1.19 bits per heavy atom. The molecule has 31 heavy (non-hydrogen) atoms. The molecule has 0 bridgehead atoms. The zero-order valence-corrected chi connectivity index (χ0v) is 19.3. The standard InChI is InChI=1S/C22H22ClN5OS2/c23-14-8-9-17-18(11-14)24-19(25-21(17)29)13-31-22-27-26-20(12-16-7-4-10-30-16)28(22)15-5-2-1-3-6-15/h4,7-11,15H,1-3,5-6,12-13H2,(H,24,25,29). The summed E-state index contributed by atoms with van der Waals surface area (Å²) in [7, 11) is 0. The molecule has 1 aliphatic carbocycles. The number of aromatic nitrogens is 5. The van der Waals surface area contributed by atoms with Gasteiger partial charge in [-0.05, 0) is 42.5 Å². The van der Waals surface area contributed by atoms with Crippen LogP contribution in [0.3, 0.4) is 0 Å². The molecule has 1 aromatic carbocycles. The van der Waals surface area contributed by atoms with E-state index in [4.69, 9.17) is 11.6 Å². The van der Waals surface area contributed by atoms with Gasteiger partial charge in [0, 0.05) is 22.4 Å². The summed E-state index contributed by atoms with van der Waals surface area (Å²) >= 11 is 9.41. The molecule has 1 fully saturated rings. The molecule has 4 aromatic rings. The van der Waals surface area contributed by atoms with Crippen LogP contribution in [0.4, 0.5) is 0 Å². The van der Waals surface area contributed by atoms with Crippen molar-refractivity contribution in [2.75, 3.05) is 0 Å². The van der Waals surface area contributed by atoms with Gasteiger partial charge < -0.3 is 9.55 Å². The summed E-state index contributed by atoms with van der Waals surface area (Å²) < 4.78 is 2.33. The second kappa shape index (κ2) is 9.14. The summed E-state index contributed by atoms with van der Waals surface area (Å²) in [5, 5.41) is 13.2. The van der Waals surface area contributed by atoms with E-state index >= 15 is 0 Å². The largest absolute Gasteiger partial charge is 0.309 e. The van der Waals surface area contributed by atoms with Crippen LogP contribution in [-0.4, -0.2) is 24.7 Å². The van der Waals surface area contributed by atoms with Gasteiger partial charge in [-0.15, -0.1) is 21.5 Å². The van der Waals surface area contributed by atoms with Crippen LogP contribution in [0.2, 0.25) is 5.02 Å². The highest BCUT2D eigenvalue weighted by atomic mass is 35.5. The number of hydrogen-bond acceptors (Lipinski definition) is 6. The van der Waals surface area contributed by atoms with E-state index in [1.807, 2.05) is 0 Å². The van der Waals surface area contributed by atoms with Gasteiger partial charge in [0.25, 0.3) is 5.56 Å². The van der Waals surface area contributed by atoms with E-state index in [-0.39, 0.29) is 5.56 Å². The Labute approximate surface area is 193 Å². The van der Waals surface area contributed by atoms with Gasteiger partial charge in [0.2, 0.25) is 0 Å². The maximum Gasteiger partial charge on any atom is 0.258 e. The van der Waals surface area contributed by atoms with Crippen molar-refractivity contribution in [2.24, 2.45) is 0 Å². The van der Waals surface area contributed by atoms with Gasteiger partial charge in [-0.3, -0.25) is 4.79 Å². The number of nitrogens with zero attached hydrogens (tertiary/aromatic N) is 4. The molecule has 1 saturated carbocycles. The number of aromatic amines is 1. The highest BCUT2D eigenvalue weighted by molar-refractivity contribution is 7.98. The summed E-state index contributed by atoms with van der Waals surface area (Å²) in [5.74, 6) is 2.15. The fraction of sp³-hybridized carbons (Fsp3) is 0.364. The number of H-pyrrole nitrogens is 1. The molecule has 160 valence electrons. The van der Waals surface area contributed by atoms with Crippen LogP contribution in [0.5, 0.6) is 0 Å². The highest BCUT2D eigenvalue weighted by Gasteiger charge is 2.23. The smallest absolute Gasteiger partial charge is 0.258 e. The SMILES string of the molecule is O=c1[nH]c(CSc2nnc(Cc3cccs3)n2C2CCCCC2)nc2cc(Cl)ccc12. The van der Waals surface area contributed by atoms with Crippen molar-refractivity contribution in [3.8, 4) is 0 Å². The lowest BCUT2D eigenvalue weighted by Crippen LogP contribution is -2.17. The fourth-order valence-corrected chi connectivity index (χ4v) is 5.93. The van der Waals surface area contributed by atoms with Crippen molar-refractivity contribution in [3.05, 3.63) is 67.6 Å². The van der Waals surface area contributed by atoms with Crippen molar-refractivity contribution >= 4 is 45.6 Å². The number of fused-ring (bicyclic) bond motifs is 1. The molecule has 5 rings (SSSR count). The molecule has 0 saturated heterocycles. The van der Waals surface area contributed by atoms with Gasteiger partial charge in [0.05, 0.1) is 16.7 Å². The average Bonchev–Trinajstić information content (AvgIpc) is 3.43. The number of benzene rings is 1. The molecule has 3 aromatic heterocycles. The lowest BCUT2D eigenvalue weighted by atomic mass is 9.95. The van der Waals surface area contributed by atoms with Crippen molar-refractivity contribution in [3.63, 3.8) is 0 Å². The van der Waals surface area contributed by atoms with Crippen molar-refractivity contribution < 1.29 is 0 Å². The van der Waals surface area contributed by atoms with E-state index in [0.29, 0.717) is 33.5 Å². The maximum absolute atomic E-state index is 12.4. The van der Waals surface area contributed by atoms with Gasteiger partial charge in [-0.1, -0.05) is 48.7 Å². The van der Waals surface area contributed by atoms with E-state index in [0.717, 1.165) is 30.2 Å². The number of hydrogen-bond donors (Lipinski definition) is 1. The first-order chi connectivity index (χ1) is 15.2. The van der Waals surface area contributed by atoms with Crippen LogP contribution >= 0.6 is 34.7 Å². The van der Waals surface area contributed by atoms with Crippen molar-refractivity contribution in [1.82, 2.24) is 24.7 Å². The number of thioether (sulfide) groups is 1. The van der Waals surface area contributed by atoms with Gasteiger partial charge in [-0.2, -0.15) is 0 Å². The summed E-state index contributed by atoms with van der Waals surface area (Å²) in [6.45, 7) is 0. The maximum atomic E-state index is 12.4. The van der Waals surface area contributed by atoms with E-state index < -0.39 is 0 Å². The highest BCUT2D eigenvalue weighted by Crippen LogP contribution is 2.34. The first-order valence-corrected chi connectivity index (χ1v) is 12.7. The third-order valence-electron chi connectivity index (χ3n) is 5.64. The normalized spacial score (nSPS) is 15.0. The van der Waals surface area contributed by atoms with Crippen LogP contribution < -0.4 is 5.56 Å². The Morgan fingerprint density at radius 2 is 2.06 bits per heavy atom. The average molecular weight is 472 g/mol. The molecule has 1 aliphatic rings. The van der Waals surface area contributed by atoms with E-state index in [1.165, 1.54) is 24.1 Å². The molecule has 0 atom stereocenters. The van der Waals surface area contributed by atoms with Crippen LogP contribution in [0.15, 0.2) is 45.7 Å². The Morgan fingerprint density at radius 3 is 2.87 bits per heavy atom. The van der Waals surface area contributed by atoms with E-state index in [2.05, 4.69) is 42.2 Å². The molecule has 0 unspecified atom stereocenters. The van der Waals surface area contributed by atoms with Crippen molar-refractivity contribution in [1.29, 1.82) is 0 Å². The fourth-order valence-electron chi connectivity index (χ4n) is 4.16. The zero-order chi connectivity index (χ0) is 21.2. The molecule has 0 radical (unpaired) electrons. The van der Waals surface area contributed by atoms with Crippen molar-refractivity contribution in [2.45, 2.75) is 55.5 Å². The molecular formula is C22H22ClN5OS2. The van der Waals surface area contributed by atoms with Gasteiger partial charge in [0.15, 0.2) is 5.16 Å². The van der Waals surface area contributed by atoms with Crippen LogP contribution in [0.25, 0.3) is 10.9 Å². The molecule has 9 heteroatoms. The van der Waals surface area contributed by atoms with Crippen LogP contribution in [0, 0.1) is 0 Å². The third-order valence-corrected chi connectivity index (χ3v) is 7.71. The van der Waals surface area contributed by atoms with Gasteiger partial charge in [-0.25, -0.2) is 4.98 Å². The molecule has 0 spiro atoms. The third kappa shape index (κ3) is 4.56. The minimum absolute atomic E-state index is 0.149. The predicted octanol–water partition coefficient (Wildman–Crippen LogP) is 5.62. The van der Waals surface area contributed by atoms with Gasteiger partial charge in [0.1, 0.15) is 11.6 Å². The topological polar surface area (TPSA) is 76.5 Å². The molecule has 6 nitrogen and oxygen atoms in total. The summed E-state index contributed by atoms with van der Waals surface area (Å²) in [5.41, 5.74) is 0.461. The van der Waals surface area contributed by atoms with E-state index in [9.17, 15) is 4.79 Å². The molecular weight excluding hydrogens is 450 g/mol. The summed E-state index contributed by atoms with van der Waals surface area (Å²) in [4.78, 5) is 21.2. The van der Waals surface area contributed by atoms with Crippen LogP contribution in [0.1, 0.15) is 54.7 Å². The Kier molecular flexibility index (Phi) is 6.11. The molecule has 0 amide bonds. The molecule has 0 aliphatic heterocycles. The van der Waals surface area contributed by atoms with Crippen LogP contribution in [-0.2, 0) is 12.2 Å². The Bertz CT molecular complexity index is 1240. The number of halogens is 1. The second-order valence-electron chi connectivity index (χ2n) is 7.78. The van der Waals surface area contributed by atoms with Gasteiger partial charge >= 0.3 is 0 Å². The summed E-state index contributed by atoms with van der Waals surface area (Å²) in [6.07, 6.45) is 6.90. The molecule has 3 heterocycles. The lowest BCUT2D eigenvalue weighted by Gasteiger charge is -2.25. The first-order valence-electron chi connectivity index (χ1n) is 10.4.